The fourth-order valence-corrected chi connectivity index (χ4v) is 1.53. The molecule has 21 heavy (non-hydrogen) atoms. The van der Waals surface area contributed by atoms with Crippen molar-refractivity contribution in [1.29, 1.82) is 0 Å². The van der Waals surface area contributed by atoms with Gasteiger partial charge in [-0.15, -0.1) is 0 Å². The van der Waals surface area contributed by atoms with Crippen LogP contribution >= 0.6 is 0 Å². The highest BCUT2D eigenvalue weighted by molar-refractivity contribution is 5.75. The smallest absolute Gasteiger partial charge is 0.146 e. The van der Waals surface area contributed by atoms with E-state index in [9.17, 15) is 9.59 Å². The number of carbonyl (C=O) groups is 2. The van der Waals surface area contributed by atoms with Crippen LogP contribution in [0.15, 0.2) is 77.9 Å². The van der Waals surface area contributed by atoms with Gasteiger partial charge in [0.1, 0.15) is 18.3 Å². The van der Waals surface area contributed by atoms with E-state index in [0.717, 1.165) is 36.6 Å². The van der Waals surface area contributed by atoms with Crippen molar-refractivity contribution >= 4 is 12.6 Å². The van der Waals surface area contributed by atoms with Gasteiger partial charge < -0.3 is 5.11 Å². The molecule has 1 aromatic carbocycles. The molecule has 3 nitrogen and oxygen atoms in total. The summed E-state index contributed by atoms with van der Waals surface area (Å²) in [5.74, 6) is 0.322. The van der Waals surface area contributed by atoms with Gasteiger partial charge in [-0.25, -0.2) is 0 Å². The Morgan fingerprint density at radius 1 is 0.810 bits per heavy atom. The van der Waals surface area contributed by atoms with Gasteiger partial charge in [-0.2, -0.15) is 0 Å². The van der Waals surface area contributed by atoms with Crippen molar-refractivity contribution in [3.05, 3.63) is 77.9 Å². The Labute approximate surface area is 124 Å². The van der Waals surface area contributed by atoms with Crippen molar-refractivity contribution < 1.29 is 14.7 Å². The largest absolute Gasteiger partial charge is 0.508 e. The van der Waals surface area contributed by atoms with Crippen LogP contribution in [-0.2, 0) is 9.59 Å². The van der Waals surface area contributed by atoms with Crippen molar-refractivity contribution in [2.75, 3.05) is 0 Å². The molecule has 0 atom stereocenters. The molecule has 3 heteroatoms. The van der Waals surface area contributed by atoms with Crippen LogP contribution in [0.3, 0.4) is 0 Å². The Balaban J connectivity index is 0.000000157. The van der Waals surface area contributed by atoms with Gasteiger partial charge in [0.2, 0.25) is 0 Å². The van der Waals surface area contributed by atoms with Crippen LogP contribution in [0.25, 0.3) is 0 Å². The number of phenolic OH excluding ortho intramolecular Hbond substituents is 1. The average molecular weight is 282 g/mol. The highest BCUT2D eigenvalue weighted by atomic mass is 16.3. The van der Waals surface area contributed by atoms with Crippen LogP contribution in [0.4, 0.5) is 0 Å². The molecule has 1 N–H and O–H groups in total. The molecule has 0 saturated carbocycles. The van der Waals surface area contributed by atoms with Gasteiger partial charge in [0.25, 0.3) is 0 Å². The quantitative estimate of drug-likeness (QED) is 0.844. The topological polar surface area (TPSA) is 54.4 Å². The van der Waals surface area contributed by atoms with Crippen LogP contribution < -0.4 is 0 Å². The van der Waals surface area contributed by atoms with E-state index in [4.69, 9.17) is 5.11 Å². The van der Waals surface area contributed by atoms with Crippen LogP contribution in [0.1, 0.15) is 12.8 Å². The van der Waals surface area contributed by atoms with Crippen molar-refractivity contribution in [3.8, 4) is 5.75 Å². The molecule has 0 unspecified atom stereocenters. The van der Waals surface area contributed by atoms with Gasteiger partial charge in [0.05, 0.1) is 0 Å². The number of phenols is 1. The molecule has 0 aromatic heterocycles. The normalized spacial score (nSPS) is 14.1. The zero-order chi connectivity index (χ0) is 15.3. The number of aldehydes is 2. The van der Waals surface area contributed by atoms with Crippen LogP contribution in [0, 0.1) is 0 Å². The predicted molar refractivity (Wildman–Crippen MR) is 83.9 cm³/mol. The molecular formula is C18H18O3. The molecule has 0 saturated heterocycles. The van der Waals surface area contributed by atoms with E-state index in [1.165, 1.54) is 0 Å². The molecule has 1 aromatic rings. The van der Waals surface area contributed by atoms with Gasteiger partial charge in [0.15, 0.2) is 0 Å². The standard InChI is InChI=1S/3C6H6O/c2*7-5-6-3-1-2-4-6;7-6-4-2-1-3-5-6/h2*1-3,5H,4H2;1-5,7H. The fraction of sp³-hybridized carbons (Fsp3) is 0.111. The maximum atomic E-state index is 9.90. The summed E-state index contributed by atoms with van der Waals surface area (Å²) in [5, 5.41) is 8.63. The van der Waals surface area contributed by atoms with E-state index in [0.29, 0.717) is 5.75 Å². The number of carbonyl (C=O) groups excluding carboxylic acids is 2. The third-order valence-electron chi connectivity index (χ3n) is 2.66. The van der Waals surface area contributed by atoms with Crippen LogP contribution in [-0.4, -0.2) is 17.7 Å². The number of para-hydroxylation sites is 1. The minimum atomic E-state index is 0.322. The summed E-state index contributed by atoms with van der Waals surface area (Å²) >= 11 is 0. The number of aromatic hydroxyl groups is 1. The van der Waals surface area contributed by atoms with E-state index in [1.54, 1.807) is 24.3 Å². The summed E-state index contributed by atoms with van der Waals surface area (Å²) in [5.41, 5.74) is 1.75. The molecular weight excluding hydrogens is 264 g/mol. The molecule has 2 aliphatic carbocycles. The highest BCUT2D eigenvalue weighted by Crippen LogP contribution is 2.06. The Hall–Kier alpha value is -2.68. The monoisotopic (exact) mass is 282 g/mol. The summed E-state index contributed by atoms with van der Waals surface area (Å²) in [7, 11) is 0. The first-order valence-corrected chi connectivity index (χ1v) is 6.62. The first-order chi connectivity index (χ1) is 10.3. The molecule has 108 valence electrons. The van der Waals surface area contributed by atoms with E-state index >= 15 is 0 Å². The number of benzene rings is 1. The molecule has 0 spiro atoms. The minimum Gasteiger partial charge on any atom is -0.508 e. The lowest BCUT2D eigenvalue weighted by Gasteiger charge is -1.82. The fourth-order valence-electron chi connectivity index (χ4n) is 1.53. The minimum absolute atomic E-state index is 0.322. The van der Waals surface area contributed by atoms with E-state index in [2.05, 4.69) is 0 Å². The highest BCUT2D eigenvalue weighted by Gasteiger charge is 1.93. The summed E-state index contributed by atoms with van der Waals surface area (Å²) in [4.78, 5) is 19.8. The Kier molecular flexibility index (Phi) is 7.91. The zero-order valence-electron chi connectivity index (χ0n) is 11.7. The maximum absolute atomic E-state index is 9.90. The third-order valence-corrected chi connectivity index (χ3v) is 2.66. The second-order valence-corrected chi connectivity index (χ2v) is 4.32. The van der Waals surface area contributed by atoms with Gasteiger partial charge in [-0.1, -0.05) is 54.7 Å². The molecule has 2 aliphatic rings. The second kappa shape index (κ2) is 10.1. The van der Waals surface area contributed by atoms with E-state index < -0.39 is 0 Å². The lowest BCUT2D eigenvalue weighted by molar-refractivity contribution is -0.105. The average Bonchev–Trinajstić information content (AvgIpc) is 3.22. The lowest BCUT2D eigenvalue weighted by Crippen LogP contribution is -1.73. The molecule has 0 radical (unpaired) electrons. The summed E-state index contributed by atoms with van der Waals surface area (Å²) in [6.45, 7) is 0. The number of hydrogen-bond acceptors (Lipinski definition) is 3. The number of allylic oxidation sites excluding steroid dienone is 8. The number of rotatable bonds is 2. The molecule has 0 amide bonds. The predicted octanol–water partition coefficient (Wildman–Crippen LogP) is 3.54. The van der Waals surface area contributed by atoms with Crippen molar-refractivity contribution in [3.63, 3.8) is 0 Å². The zero-order valence-corrected chi connectivity index (χ0v) is 11.7. The van der Waals surface area contributed by atoms with Gasteiger partial charge in [-0.3, -0.25) is 9.59 Å². The number of hydrogen-bond donors (Lipinski definition) is 1. The van der Waals surface area contributed by atoms with Crippen molar-refractivity contribution in [1.82, 2.24) is 0 Å². The first kappa shape index (κ1) is 16.4. The molecule has 0 fully saturated rings. The van der Waals surface area contributed by atoms with Gasteiger partial charge in [-0.05, 0) is 36.1 Å². The summed E-state index contributed by atoms with van der Waals surface area (Å²) in [6.07, 6.45) is 14.8. The van der Waals surface area contributed by atoms with Gasteiger partial charge in [0, 0.05) is 0 Å². The maximum Gasteiger partial charge on any atom is 0.146 e. The van der Waals surface area contributed by atoms with E-state index in [1.807, 2.05) is 42.5 Å². The van der Waals surface area contributed by atoms with Gasteiger partial charge >= 0.3 is 0 Å². The van der Waals surface area contributed by atoms with Crippen molar-refractivity contribution in [2.45, 2.75) is 12.8 Å². The Morgan fingerprint density at radius 3 is 1.48 bits per heavy atom. The SMILES string of the molecule is O=CC1=CC=CC1.O=CC1=CC=CC1.Oc1ccccc1. The Bertz CT molecular complexity index is 529. The van der Waals surface area contributed by atoms with E-state index in [-0.39, 0.29) is 0 Å². The molecule has 3 rings (SSSR count). The second-order valence-electron chi connectivity index (χ2n) is 4.32. The lowest BCUT2D eigenvalue weighted by atomic mass is 10.3. The summed E-state index contributed by atoms with van der Waals surface area (Å²) < 4.78 is 0. The Morgan fingerprint density at radius 2 is 1.29 bits per heavy atom. The first-order valence-electron chi connectivity index (χ1n) is 6.62. The third kappa shape index (κ3) is 7.47. The molecule has 0 aliphatic heterocycles. The van der Waals surface area contributed by atoms with Crippen LogP contribution in [0.5, 0.6) is 5.75 Å². The van der Waals surface area contributed by atoms with Crippen molar-refractivity contribution in [2.24, 2.45) is 0 Å². The van der Waals surface area contributed by atoms with Crippen LogP contribution in [0.2, 0.25) is 0 Å². The molecule has 0 heterocycles. The summed E-state index contributed by atoms with van der Waals surface area (Å²) in [6, 6.07) is 8.71. The molecule has 0 bridgehead atoms.